The number of aliphatic carboxylic acids is 2. The number of nitrogens with one attached hydrogen (secondary N) is 2. The smallest absolute Gasteiger partial charge is 0.327 e. The van der Waals surface area contributed by atoms with E-state index in [-0.39, 0.29) is 16.3 Å². The Kier molecular flexibility index (Phi) is 11.0. The molecule has 0 aromatic heterocycles. The van der Waals surface area contributed by atoms with E-state index in [2.05, 4.69) is 10.6 Å². The van der Waals surface area contributed by atoms with Gasteiger partial charge in [0.2, 0.25) is 11.8 Å². The Morgan fingerprint density at radius 1 is 0.880 bits per heavy atom. The van der Waals surface area contributed by atoms with E-state index in [1.54, 1.807) is 0 Å². The molecule has 25 heavy (non-hydrogen) atoms. The van der Waals surface area contributed by atoms with Crippen LogP contribution in [-0.4, -0.2) is 68.1 Å². The predicted octanol–water partition coefficient (Wildman–Crippen LogP) is 1.06. The first-order chi connectivity index (χ1) is 11.4. The summed E-state index contributed by atoms with van der Waals surface area (Å²) in [5.41, 5.74) is 0. The molecule has 0 aromatic carbocycles. The van der Waals surface area contributed by atoms with Gasteiger partial charge in [0, 0.05) is 35.9 Å². The van der Waals surface area contributed by atoms with Crippen LogP contribution in [0.15, 0.2) is 0 Å². The van der Waals surface area contributed by atoms with Crippen LogP contribution in [0.1, 0.15) is 27.7 Å². The molecule has 0 saturated carbocycles. The average molecular weight is 413 g/mol. The van der Waals surface area contributed by atoms with Crippen molar-refractivity contribution in [2.45, 2.75) is 44.5 Å². The third kappa shape index (κ3) is 12.0. The van der Waals surface area contributed by atoms with Gasteiger partial charge in [-0.3, -0.25) is 9.59 Å². The zero-order valence-electron chi connectivity index (χ0n) is 14.5. The van der Waals surface area contributed by atoms with Gasteiger partial charge in [0.15, 0.2) is 0 Å². The van der Waals surface area contributed by atoms with Gasteiger partial charge in [-0.05, 0) is 13.8 Å². The van der Waals surface area contributed by atoms with Crippen molar-refractivity contribution in [3.8, 4) is 0 Å². The lowest BCUT2D eigenvalue weighted by molar-refractivity contribution is -0.141. The maximum atomic E-state index is 11.1. The van der Waals surface area contributed by atoms with E-state index in [1.165, 1.54) is 47.2 Å². The topological polar surface area (TPSA) is 133 Å². The summed E-state index contributed by atoms with van der Waals surface area (Å²) in [6, 6.07) is -1.89. The molecule has 0 saturated heterocycles. The van der Waals surface area contributed by atoms with E-state index >= 15 is 0 Å². The molecule has 0 aliphatic heterocycles. The summed E-state index contributed by atoms with van der Waals surface area (Å²) in [4.78, 5) is 44.1. The molecule has 2 amide bonds. The first-order valence-electron chi connectivity index (χ1n) is 7.33. The minimum atomic E-state index is -1.09. The Morgan fingerprint density at radius 2 is 1.32 bits per heavy atom. The zero-order valence-corrected chi connectivity index (χ0v) is 17.0. The van der Waals surface area contributed by atoms with E-state index in [9.17, 15) is 19.2 Å². The Morgan fingerprint density at radius 3 is 1.72 bits per heavy atom. The van der Waals surface area contributed by atoms with Gasteiger partial charge >= 0.3 is 11.9 Å². The summed E-state index contributed by atoms with van der Waals surface area (Å²) in [5, 5.41) is 22.9. The van der Waals surface area contributed by atoms with Gasteiger partial charge in [-0.15, -0.1) is 0 Å². The van der Waals surface area contributed by atoms with Crippen LogP contribution in [0, 0.1) is 0 Å². The molecule has 2 unspecified atom stereocenters. The number of carbonyl (C=O) groups excluding carboxylic acids is 2. The van der Waals surface area contributed by atoms with Crippen molar-refractivity contribution in [2.75, 3.05) is 17.3 Å². The third-order valence-electron chi connectivity index (χ3n) is 2.72. The van der Waals surface area contributed by atoms with Crippen LogP contribution in [0.5, 0.6) is 0 Å². The van der Waals surface area contributed by atoms with Crippen molar-refractivity contribution < 1.29 is 29.4 Å². The second-order valence-corrected chi connectivity index (χ2v) is 10.0. The molecule has 4 N–H and O–H groups in total. The van der Waals surface area contributed by atoms with E-state index in [0.717, 1.165) is 0 Å². The van der Waals surface area contributed by atoms with Crippen molar-refractivity contribution in [3.63, 3.8) is 0 Å². The molecule has 0 fully saturated rings. The van der Waals surface area contributed by atoms with E-state index < -0.39 is 35.8 Å². The molecule has 0 aliphatic rings. The van der Waals surface area contributed by atoms with Crippen LogP contribution in [0.2, 0.25) is 0 Å². The fourth-order valence-electron chi connectivity index (χ4n) is 1.49. The minimum Gasteiger partial charge on any atom is -0.480 e. The van der Waals surface area contributed by atoms with Crippen molar-refractivity contribution >= 4 is 57.1 Å². The van der Waals surface area contributed by atoms with Crippen LogP contribution in [0.25, 0.3) is 0 Å². The highest BCUT2D eigenvalue weighted by molar-refractivity contribution is 8.76. The normalized spacial score (nSPS) is 13.6. The van der Waals surface area contributed by atoms with Gasteiger partial charge in [-0.25, -0.2) is 9.59 Å². The molecule has 0 spiro atoms. The largest absolute Gasteiger partial charge is 0.480 e. The molecule has 0 radical (unpaired) electrons. The third-order valence-corrected chi connectivity index (χ3v) is 7.06. The Balaban J connectivity index is 4.30. The van der Waals surface area contributed by atoms with Crippen molar-refractivity contribution in [2.24, 2.45) is 0 Å². The SMILES string of the molecule is CC(=O)NC(CSSCC(C)(C)SCC(NC(C)=O)C(=O)O)C(=O)O. The van der Waals surface area contributed by atoms with Crippen molar-refractivity contribution in [3.05, 3.63) is 0 Å². The highest BCUT2D eigenvalue weighted by Gasteiger charge is 2.25. The standard InChI is InChI=1S/C14H24N2O6S3/c1-8(17)15-10(12(19)20)5-23-14(3,4)7-25-24-6-11(13(21)22)16-9(2)18/h10-11H,5-7H2,1-4H3,(H,15,17)(H,16,18)(H,19,20)(H,21,22). The second-order valence-electron chi connectivity index (χ2n) is 5.80. The fraction of sp³-hybridized carbons (Fsp3) is 0.714. The molecule has 0 aliphatic carbocycles. The van der Waals surface area contributed by atoms with Crippen LogP contribution >= 0.6 is 33.3 Å². The summed E-state index contributed by atoms with van der Waals surface area (Å²) in [7, 11) is 2.78. The summed E-state index contributed by atoms with van der Waals surface area (Å²) in [6.45, 7) is 6.43. The molecule has 144 valence electrons. The number of amides is 2. The maximum Gasteiger partial charge on any atom is 0.327 e. The van der Waals surface area contributed by atoms with E-state index in [4.69, 9.17) is 10.2 Å². The summed E-state index contributed by atoms with van der Waals surface area (Å²) in [6.07, 6.45) is 0. The molecule has 8 nitrogen and oxygen atoms in total. The number of carboxylic acids is 2. The van der Waals surface area contributed by atoms with E-state index in [0.29, 0.717) is 5.75 Å². The van der Waals surface area contributed by atoms with E-state index in [1.807, 2.05) is 13.8 Å². The molecule has 0 rings (SSSR count). The van der Waals surface area contributed by atoms with Gasteiger partial charge in [-0.2, -0.15) is 11.8 Å². The predicted molar refractivity (Wildman–Crippen MR) is 102 cm³/mol. The summed E-state index contributed by atoms with van der Waals surface area (Å²) < 4.78 is -0.267. The number of thioether (sulfide) groups is 1. The fourth-order valence-corrected chi connectivity index (χ4v) is 5.72. The lowest BCUT2D eigenvalue weighted by Crippen LogP contribution is -2.42. The highest BCUT2D eigenvalue weighted by atomic mass is 33.1. The summed E-state index contributed by atoms with van der Waals surface area (Å²) >= 11 is 1.42. The second kappa shape index (κ2) is 11.5. The summed E-state index contributed by atoms with van der Waals surface area (Å²) in [5.74, 6) is -1.86. The van der Waals surface area contributed by atoms with Gasteiger partial charge in [0.1, 0.15) is 12.1 Å². The quantitative estimate of drug-likeness (QED) is 0.274. The first-order valence-corrected chi connectivity index (χ1v) is 10.8. The van der Waals surface area contributed by atoms with Crippen molar-refractivity contribution in [1.29, 1.82) is 0 Å². The molecular weight excluding hydrogens is 388 g/mol. The maximum absolute atomic E-state index is 11.1. The highest BCUT2D eigenvalue weighted by Crippen LogP contribution is 2.34. The number of carbonyl (C=O) groups is 4. The average Bonchev–Trinajstić information content (AvgIpc) is 2.45. The Hall–Kier alpha value is -1.07. The number of carboxylic acid groups (broad SMARTS) is 2. The monoisotopic (exact) mass is 412 g/mol. The van der Waals surface area contributed by atoms with Gasteiger partial charge < -0.3 is 20.8 Å². The zero-order chi connectivity index (χ0) is 19.6. The van der Waals surface area contributed by atoms with Crippen molar-refractivity contribution in [1.82, 2.24) is 10.6 Å². The molecule has 0 heterocycles. The molecule has 11 heteroatoms. The Labute approximate surface area is 159 Å². The number of rotatable bonds is 12. The van der Waals surface area contributed by atoms with Gasteiger partial charge in [0.05, 0.1) is 0 Å². The van der Waals surface area contributed by atoms with Crippen LogP contribution in [0.3, 0.4) is 0 Å². The molecule has 0 bridgehead atoms. The van der Waals surface area contributed by atoms with Crippen LogP contribution < -0.4 is 10.6 Å². The number of hydrogen-bond donors (Lipinski definition) is 4. The van der Waals surface area contributed by atoms with Crippen LogP contribution in [-0.2, 0) is 19.2 Å². The molecule has 2 atom stereocenters. The Bertz CT molecular complexity index is 501. The molecular formula is C14H24N2O6S3. The lowest BCUT2D eigenvalue weighted by atomic mass is 10.2. The first kappa shape index (κ1) is 23.9. The lowest BCUT2D eigenvalue weighted by Gasteiger charge is -2.25. The number of hydrogen-bond acceptors (Lipinski definition) is 7. The molecule has 0 aromatic rings. The minimum absolute atomic E-state index is 0.226. The van der Waals surface area contributed by atoms with Gasteiger partial charge in [-0.1, -0.05) is 21.6 Å². The van der Waals surface area contributed by atoms with Gasteiger partial charge in [0.25, 0.3) is 0 Å². The van der Waals surface area contributed by atoms with Crippen LogP contribution in [0.4, 0.5) is 0 Å².